The van der Waals surface area contributed by atoms with E-state index in [-0.39, 0.29) is 9.77 Å². The van der Waals surface area contributed by atoms with Crippen molar-refractivity contribution < 1.29 is 13.2 Å². The van der Waals surface area contributed by atoms with Gasteiger partial charge in [-0.2, -0.15) is 0 Å². The molecule has 0 aliphatic carbocycles. The van der Waals surface area contributed by atoms with E-state index in [4.69, 9.17) is 4.74 Å². The second-order valence-electron chi connectivity index (χ2n) is 5.67. The Morgan fingerprint density at radius 1 is 1.16 bits per heavy atom. The van der Waals surface area contributed by atoms with Crippen molar-refractivity contribution in [2.75, 3.05) is 7.11 Å². The van der Waals surface area contributed by atoms with Crippen LogP contribution in [-0.4, -0.2) is 20.1 Å². The maximum atomic E-state index is 12.7. The van der Waals surface area contributed by atoms with Crippen LogP contribution in [-0.2, 0) is 17.1 Å². The number of benzene rings is 2. The summed E-state index contributed by atoms with van der Waals surface area (Å²) >= 11 is 1.03. The molecule has 8 heteroatoms. The van der Waals surface area contributed by atoms with Crippen molar-refractivity contribution in [3.8, 4) is 5.75 Å². The number of sulfonamides is 1. The maximum Gasteiger partial charge on any atom is 0.307 e. The third-order valence-corrected chi connectivity index (χ3v) is 6.56. The Balaban J connectivity index is 1.89. The van der Waals surface area contributed by atoms with E-state index in [0.717, 1.165) is 22.4 Å². The third kappa shape index (κ3) is 3.46. The average molecular weight is 378 g/mol. The van der Waals surface area contributed by atoms with Crippen LogP contribution in [0.25, 0.3) is 10.2 Å². The number of nitrogens with zero attached hydrogens (tertiary/aromatic N) is 1. The molecule has 1 N–H and O–H groups in total. The molecule has 3 rings (SSSR count). The van der Waals surface area contributed by atoms with Gasteiger partial charge in [0, 0.05) is 13.1 Å². The van der Waals surface area contributed by atoms with Crippen LogP contribution in [0.1, 0.15) is 18.5 Å². The second-order valence-corrected chi connectivity index (χ2v) is 8.38. The van der Waals surface area contributed by atoms with Crippen LogP contribution < -0.4 is 14.3 Å². The molecule has 6 nitrogen and oxygen atoms in total. The summed E-state index contributed by atoms with van der Waals surface area (Å²) in [4.78, 5) is 11.7. The minimum Gasteiger partial charge on any atom is -0.497 e. The molecule has 1 aromatic heterocycles. The van der Waals surface area contributed by atoms with E-state index in [1.54, 1.807) is 39.3 Å². The number of fused-ring (bicyclic) bond motifs is 1. The van der Waals surface area contributed by atoms with Crippen LogP contribution in [0.5, 0.6) is 5.75 Å². The van der Waals surface area contributed by atoms with Gasteiger partial charge in [-0.25, -0.2) is 13.1 Å². The molecule has 0 saturated carbocycles. The fourth-order valence-corrected chi connectivity index (χ4v) is 4.79. The van der Waals surface area contributed by atoms with Gasteiger partial charge < -0.3 is 9.30 Å². The fourth-order valence-electron chi connectivity index (χ4n) is 2.54. The first-order valence-electron chi connectivity index (χ1n) is 7.57. The van der Waals surface area contributed by atoms with Gasteiger partial charge in [0.15, 0.2) is 0 Å². The van der Waals surface area contributed by atoms with Crippen LogP contribution in [0.2, 0.25) is 0 Å². The van der Waals surface area contributed by atoms with Crippen molar-refractivity contribution in [2.24, 2.45) is 7.05 Å². The molecule has 0 fully saturated rings. The van der Waals surface area contributed by atoms with Gasteiger partial charge in [0.05, 0.1) is 22.2 Å². The van der Waals surface area contributed by atoms with Gasteiger partial charge in [-0.15, -0.1) is 0 Å². The second kappa shape index (κ2) is 6.62. The number of thiazole rings is 1. The van der Waals surface area contributed by atoms with Crippen molar-refractivity contribution >= 4 is 31.6 Å². The largest absolute Gasteiger partial charge is 0.497 e. The highest BCUT2D eigenvalue weighted by Crippen LogP contribution is 2.23. The molecule has 0 aliphatic rings. The van der Waals surface area contributed by atoms with E-state index < -0.39 is 16.1 Å². The zero-order chi connectivity index (χ0) is 18.2. The molecule has 25 heavy (non-hydrogen) atoms. The summed E-state index contributed by atoms with van der Waals surface area (Å²) in [5, 5.41) is 0. The summed E-state index contributed by atoms with van der Waals surface area (Å²) in [6, 6.07) is 11.5. The third-order valence-electron chi connectivity index (χ3n) is 4.02. The van der Waals surface area contributed by atoms with Gasteiger partial charge in [-0.05, 0) is 42.8 Å². The molecule has 1 unspecified atom stereocenters. The van der Waals surface area contributed by atoms with E-state index in [0.29, 0.717) is 10.4 Å². The van der Waals surface area contributed by atoms with Gasteiger partial charge in [-0.1, -0.05) is 23.5 Å². The zero-order valence-corrected chi connectivity index (χ0v) is 15.6. The minimum atomic E-state index is -3.70. The standard InChI is InChI=1S/C17H18N2O4S2/c1-11(12-4-6-13(23-3)7-5-12)18-25(21,22)14-8-9-15-16(10-14)24-17(20)19(15)2/h4-11,18H,1-3H3. The Hall–Kier alpha value is -2.16. The number of methoxy groups -OCH3 is 1. The normalized spacial score (nSPS) is 13.1. The van der Waals surface area contributed by atoms with Crippen LogP contribution >= 0.6 is 11.3 Å². The molecule has 0 saturated heterocycles. The molecule has 0 aliphatic heterocycles. The van der Waals surface area contributed by atoms with Gasteiger partial charge in [0.1, 0.15) is 5.75 Å². The van der Waals surface area contributed by atoms with Crippen LogP contribution in [0.15, 0.2) is 52.2 Å². The number of hydrogen-bond acceptors (Lipinski definition) is 5. The van der Waals surface area contributed by atoms with E-state index in [1.165, 1.54) is 16.7 Å². The van der Waals surface area contributed by atoms with E-state index in [1.807, 2.05) is 12.1 Å². The topological polar surface area (TPSA) is 77.4 Å². The van der Waals surface area contributed by atoms with Crippen LogP contribution in [0.3, 0.4) is 0 Å². The summed E-state index contributed by atoms with van der Waals surface area (Å²) < 4.78 is 35.2. The lowest BCUT2D eigenvalue weighted by atomic mass is 10.1. The first-order valence-corrected chi connectivity index (χ1v) is 9.87. The Bertz CT molecular complexity index is 1070. The van der Waals surface area contributed by atoms with Crippen molar-refractivity contribution in [3.63, 3.8) is 0 Å². The molecule has 132 valence electrons. The summed E-state index contributed by atoms with van der Waals surface area (Å²) in [5.74, 6) is 0.711. The first kappa shape index (κ1) is 17.7. The van der Waals surface area contributed by atoms with Crippen molar-refractivity contribution in [3.05, 3.63) is 57.7 Å². The minimum absolute atomic E-state index is 0.121. The van der Waals surface area contributed by atoms with Gasteiger partial charge in [0.25, 0.3) is 0 Å². The smallest absolute Gasteiger partial charge is 0.307 e. The van der Waals surface area contributed by atoms with Crippen molar-refractivity contribution in [1.29, 1.82) is 0 Å². The van der Waals surface area contributed by atoms with E-state index >= 15 is 0 Å². The lowest BCUT2D eigenvalue weighted by Gasteiger charge is -2.15. The number of hydrogen-bond donors (Lipinski definition) is 1. The summed E-state index contributed by atoms with van der Waals surface area (Å²) in [7, 11) is -0.460. The molecule has 0 bridgehead atoms. The number of aromatic nitrogens is 1. The maximum absolute atomic E-state index is 12.7. The molecule has 2 aromatic carbocycles. The number of rotatable bonds is 5. The van der Waals surface area contributed by atoms with Crippen LogP contribution in [0, 0.1) is 0 Å². The highest BCUT2D eigenvalue weighted by molar-refractivity contribution is 7.89. The zero-order valence-electron chi connectivity index (χ0n) is 14.0. The van der Waals surface area contributed by atoms with Crippen molar-refractivity contribution in [2.45, 2.75) is 17.9 Å². The molecule has 0 amide bonds. The summed E-state index contributed by atoms with van der Waals surface area (Å²) in [6.07, 6.45) is 0. The predicted molar refractivity (Wildman–Crippen MR) is 98.8 cm³/mol. The molecule has 1 heterocycles. The lowest BCUT2D eigenvalue weighted by molar-refractivity contribution is 0.414. The fraction of sp³-hybridized carbons (Fsp3) is 0.235. The molecule has 1 atom stereocenters. The number of aryl methyl sites for hydroxylation is 1. The Kier molecular flexibility index (Phi) is 4.68. The summed E-state index contributed by atoms with van der Waals surface area (Å²) in [5.41, 5.74) is 1.55. The predicted octanol–water partition coefficient (Wildman–Crippen LogP) is 2.65. The van der Waals surface area contributed by atoms with E-state index in [2.05, 4.69) is 4.72 Å². The number of ether oxygens (including phenoxy) is 1. The molecule has 0 spiro atoms. The SMILES string of the molecule is COc1ccc(C(C)NS(=O)(=O)c2ccc3c(c2)sc(=O)n3C)cc1. The molecule has 3 aromatic rings. The average Bonchev–Trinajstić information content (AvgIpc) is 2.88. The molecular weight excluding hydrogens is 360 g/mol. The molecule has 0 radical (unpaired) electrons. The van der Waals surface area contributed by atoms with Gasteiger partial charge >= 0.3 is 4.87 Å². The van der Waals surface area contributed by atoms with Gasteiger partial charge in [0.2, 0.25) is 10.0 Å². The Morgan fingerprint density at radius 3 is 2.48 bits per heavy atom. The van der Waals surface area contributed by atoms with Gasteiger partial charge in [-0.3, -0.25) is 4.79 Å². The lowest BCUT2D eigenvalue weighted by Crippen LogP contribution is -2.26. The highest BCUT2D eigenvalue weighted by Gasteiger charge is 2.19. The van der Waals surface area contributed by atoms with E-state index in [9.17, 15) is 13.2 Å². The molecular formula is C17H18N2O4S2. The highest BCUT2D eigenvalue weighted by atomic mass is 32.2. The Labute approximate surface area is 149 Å². The first-order chi connectivity index (χ1) is 11.8. The number of nitrogens with one attached hydrogen (secondary N) is 1. The van der Waals surface area contributed by atoms with Crippen LogP contribution in [0.4, 0.5) is 0 Å². The monoisotopic (exact) mass is 378 g/mol. The van der Waals surface area contributed by atoms with Crippen molar-refractivity contribution in [1.82, 2.24) is 9.29 Å². The summed E-state index contributed by atoms with van der Waals surface area (Å²) in [6.45, 7) is 1.78. The Morgan fingerprint density at radius 2 is 1.84 bits per heavy atom. The quantitative estimate of drug-likeness (QED) is 0.740.